The van der Waals surface area contributed by atoms with Gasteiger partial charge in [0.2, 0.25) is 5.91 Å². The Morgan fingerprint density at radius 3 is 2.74 bits per heavy atom. The molecule has 2 aromatic heterocycles. The minimum Gasteiger partial charge on any atom is -0.305 e. The highest BCUT2D eigenvalue weighted by molar-refractivity contribution is 7.98. The third-order valence-electron chi connectivity index (χ3n) is 3.41. The lowest BCUT2D eigenvalue weighted by Crippen LogP contribution is -2.41. The van der Waals surface area contributed by atoms with E-state index in [9.17, 15) is 4.79 Å². The van der Waals surface area contributed by atoms with E-state index in [1.54, 1.807) is 39.9 Å². The zero-order chi connectivity index (χ0) is 17.0. The molecule has 124 valence electrons. The highest BCUT2D eigenvalue weighted by Gasteiger charge is 2.27. The molecule has 0 aliphatic rings. The third kappa shape index (κ3) is 4.06. The van der Waals surface area contributed by atoms with Crippen molar-refractivity contribution in [3.05, 3.63) is 35.9 Å². The summed E-state index contributed by atoms with van der Waals surface area (Å²) in [5.41, 5.74) is 1.43. The number of rotatable bonds is 6. The fourth-order valence-corrected chi connectivity index (χ4v) is 3.20. The fraction of sp³-hybridized carbons (Fsp3) is 0.438. The topological polar surface area (TPSA) is 51.0 Å². The van der Waals surface area contributed by atoms with Crippen molar-refractivity contribution in [2.45, 2.75) is 26.8 Å². The number of amides is 1. The molecule has 23 heavy (non-hydrogen) atoms. The second-order valence-corrected chi connectivity index (χ2v) is 6.89. The van der Waals surface area contributed by atoms with Gasteiger partial charge in [-0.15, -0.1) is 0 Å². The second kappa shape index (κ2) is 7.84. The van der Waals surface area contributed by atoms with E-state index in [1.807, 2.05) is 39.2 Å². The van der Waals surface area contributed by atoms with Gasteiger partial charge >= 0.3 is 0 Å². The van der Waals surface area contributed by atoms with Gasteiger partial charge in [-0.05, 0) is 32.2 Å². The van der Waals surface area contributed by atoms with E-state index in [-0.39, 0.29) is 17.9 Å². The SMILES string of the molecule is CSCC(C)C(=O)N(c1cn(-c2cccnc2)nc1Cl)C(C)C. The molecule has 1 unspecified atom stereocenters. The van der Waals surface area contributed by atoms with Gasteiger partial charge in [0.15, 0.2) is 5.15 Å². The van der Waals surface area contributed by atoms with E-state index in [1.165, 1.54) is 0 Å². The van der Waals surface area contributed by atoms with Crippen molar-refractivity contribution in [3.8, 4) is 5.69 Å². The lowest BCUT2D eigenvalue weighted by molar-refractivity contribution is -0.121. The Labute approximate surface area is 146 Å². The summed E-state index contributed by atoms with van der Waals surface area (Å²) in [6.45, 7) is 5.89. The molecule has 2 heterocycles. The summed E-state index contributed by atoms with van der Waals surface area (Å²) >= 11 is 7.97. The number of nitrogens with zero attached hydrogens (tertiary/aromatic N) is 4. The molecule has 2 aromatic rings. The summed E-state index contributed by atoms with van der Waals surface area (Å²) in [4.78, 5) is 18.6. The first kappa shape index (κ1) is 17.8. The van der Waals surface area contributed by atoms with Gasteiger partial charge in [-0.25, -0.2) is 4.68 Å². The average Bonchev–Trinajstić information content (AvgIpc) is 2.90. The summed E-state index contributed by atoms with van der Waals surface area (Å²) in [7, 11) is 0. The third-order valence-corrected chi connectivity index (χ3v) is 4.52. The zero-order valence-corrected chi connectivity index (χ0v) is 15.3. The fourth-order valence-electron chi connectivity index (χ4n) is 2.34. The maximum atomic E-state index is 12.8. The lowest BCUT2D eigenvalue weighted by atomic mass is 10.1. The predicted molar refractivity (Wildman–Crippen MR) is 96.5 cm³/mol. The molecule has 0 bridgehead atoms. The van der Waals surface area contributed by atoms with Crippen LogP contribution in [0.3, 0.4) is 0 Å². The summed E-state index contributed by atoms with van der Waals surface area (Å²) in [6, 6.07) is 3.71. The Hall–Kier alpha value is -1.53. The maximum Gasteiger partial charge on any atom is 0.231 e. The first-order valence-electron chi connectivity index (χ1n) is 7.43. The number of anilines is 1. The molecule has 0 fully saturated rings. The smallest absolute Gasteiger partial charge is 0.231 e. The molecule has 0 N–H and O–H groups in total. The number of thioether (sulfide) groups is 1. The highest BCUT2D eigenvalue weighted by Crippen LogP contribution is 2.29. The van der Waals surface area contributed by atoms with E-state index < -0.39 is 0 Å². The van der Waals surface area contributed by atoms with Crippen LogP contribution in [0.25, 0.3) is 5.69 Å². The van der Waals surface area contributed by atoms with Crippen LogP contribution < -0.4 is 4.90 Å². The van der Waals surface area contributed by atoms with Crippen molar-refractivity contribution in [1.29, 1.82) is 0 Å². The summed E-state index contributed by atoms with van der Waals surface area (Å²) in [5, 5.41) is 4.63. The van der Waals surface area contributed by atoms with Crippen LogP contribution in [-0.2, 0) is 4.79 Å². The normalized spacial score (nSPS) is 12.4. The Morgan fingerprint density at radius 2 is 2.17 bits per heavy atom. The molecule has 5 nitrogen and oxygen atoms in total. The number of carbonyl (C=O) groups is 1. The van der Waals surface area contributed by atoms with Crippen molar-refractivity contribution < 1.29 is 4.79 Å². The van der Waals surface area contributed by atoms with Gasteiger partial charge in [-0.2, -0.15) is 16.9 Å². The van der Waals surface area contributed by atoms with E-state index in [0.29, 0.717) is 10.8 Å². The average molecular weight is 353 g/mol. The molecule has 7 heteroatoms. The van der Waals surface area contributed by atoms with Gasteiger partial charge in [0, 0.05) is 23.9 Å². The van der Waals surface area contributed by atoms with Crippen LogP contribution >= 0.6 is 23.4 Å². The molecule has 0 aliphatic carbocycles. The molecule has 0 saturated carbocycles. The quantitative estimate of drug-likeness (QED) is 0.796. The van der Waals surface area contributed by atoms with Gasteiger partial charge in [-0.1, -0.05) is 18.5 Å². The molecule has 0 aliphatic heterocycles. The van der Waals surface area contributed by atoms with E-state index >= 15 is 0 Å². The molecule has 1 amide bonds. The summed E-state index contributed by atoms with van der Waals surface area (Å²) in [5.74, 6) is 0.753. The molecule has 1 atom stereocenters. The largest absolute Gasteiger partial charge is 0.305 e. The Morgan fingerprint density at radius 1 is 1.43 bits per heavy atom. The van der Waals surface area contributed by atoms with Crippen LogP contribution in [0.15, 0.2) is 30.7 Å². The van der Waals surface area contributed by atoms with Crippen LogP contribution in [0.2, 0.25) is 5.15 Å². The van der Waals surface area contributed by atoms with Crippen LogP contribution in [0.1, 0.15) is 20.8 Å². The number of hydrogen-bond acceptors (Lipinski definition) is 4. The van der Waals surface area contributed by atoms with Crippen molar-refractivity contribution in [1.82, 2.24) is 14.8 Å². The summed E-state index contributed by atoms with van der Waals surface area (Å²) < 4.78 is 1.65. The maximum absolute atomic E-state index is 12.8. The van der Waals surface area contributed by atoms with E-state index in [0.717, 1.165) is 11.4 Å². The molecule has 0 radical (unpaired) electrons. The number of hydrogen-bond donors (Lipinski definition) is 0. The number of carbonyl (C=O) groups excluding carboxylic acids is 1. The molecular formula is C16H21ClN4OS. The predicted octanol–water partition coefficient (Wildman–Crippen LogP) is 3.66. The van der Waals surface area contributed by atoms with Crippen molar-refractivity contribution in [3.63, 3.8) is 0 Å². The van der Waals surface area contributed by atoms with Crippen molar-refractivity contribution in [2.24, 2.45) is 5.92 Å². The summed E-state index contributed by atoms with van der Waals surface area (Å²) in [6.07, 6.45) is 7.18. The van der Waals surface area contributed by atoms with Crippen molar-refractivity contribution in [2.75, 3.05) is 16.9 Å². The van der Waals surface area contributed by atoms with Gasteiger partial charge in [-0.3, -0.25) is 9.78 Å². The van der Waals surface area contributed by atoms with Gasteiger partial charge in [0.05, 0.1) is 18.1 Å². The van der Waals surface area contributed by atoms with Crippen LogP contribution in [0, 0.1) is 5.92 Å². The first-order chi connectivity index (χ1) is 11.0. The molecule has 0 saturated heterocycles. The van der Waals surface area contributed by atoms with Crippen molar-refractivity contribution >= 4 is 35.0 Å². The lowest BCUT2D eigenvalue weighted by Gasteiger charge is -2.28. The van der Waals surface area contributed by atoms with Crippen LogP contribution in [-0.4, -0.2) is 38.7 Å². The molecular weight excluding hydrogens is 332 g/mol. The van der Waals surface area contributed by atoms with Gasteiger partial charge < -0.3 is 4.90 Å². The highest BCUT2D eigenvalue weighted by atomic mass is 35.5. The molecule has 0 aromatic carbocycles. The molecule has 0 spiro atoms. The van der Waals surface area contributed by atoms with E-state index in [4.69, 9.17) is 11.6 Å². The Bertz CT molecular complexity index is 659. The standard InChI is InChI=1S/C16H21ClN4OS/c1-11(2)21(16(22)12(3)10-23-4)14-9-20(19-15(14)17)13-6-5-7-18-8-13/h5-9,11-12H,10H2,1-4H3. The van der Waals surface area contributed by atoms with E-state index in [2.05, 4.69) is 10.1 Å². The second-order valence-electron chi connectivity index (χ2n) is 5.62. The Balaban J connectivity index is 2.37. The van der Waals surface area contributed by atoms with Crippen LogP contribution in [0.5, 0.6) is 0 Å². The van der Waals surface area contributed by atoms with Gasteiger partial charge in [0.1, 0.15) is 5.69 Å². The monoisotopic (exact) mass is 352 g/mol. The first-order valence-corrected chi connectivity index (χ1v) is 9.20. The molecule has 2 rings (SSSR count). The number of pyridine rings is 1. The Kier molecular flexibility index (Phi) is 6.07. The number of halogens is 1. The van der Waals surface area contributed by atoms with Crippen LogP contribution in [0.4, 0.5) is 5.69 Å². The number of aromatic nitrogens is 3. The minimum atomic E-state index is -0.0785. The minimum absolute atomic E-state index is 0.00384. The van der Waals surface area contributed by atoms with Gasteiger partial charge in [0.25, 0.3) is 0 Å². The zero-order valence-electron chi connectivity index (χ0n) is 13.7.